The van der Waals surface area contributed by atoms with E-state index in [1.165, 1.54) is 0 Å². The number of nitrogens with two attached hydrogens (primary N) is 1. The van der Waals surface area contributed by atoms with Crippen LogP contribution in [0.25, 0.3) is 10.9 Å². The zero-order valence-electron chi connectivity index (χ0n) is 8.03. The number of primary amides is 1. The first-order chi connectivity index (χ1) is 6.74. The number of hydrogen-bond donors (Lipinski definition) is 2. The van der Waals surface area contributed by atoms with E-state index in [1.807, 2.05) is 30.5 Å². The van der Waals surface area contributed by atoms with E-state index in [9.17, 15) is 4.79 Å². The van der Waals surface area contributed by atoms with Gasteiger partial charge < -0.3 is 5.73 Å². The van der Waals surface area contributed by atoms with Gasteiger partial charge in [0.2, 0.25) is 5.91 Å². The Bertz CT molecular complexity index is 378. The number of para-hydroxylation sites is 1. The highest BCUT2D eigenvalue weighted by atomic mass is 16.1. The van der Waals surface area contributed by atoms with E-state index in [-0.39, 0.29) is 5.91 Å². The fourth-order valence-electron chi connectivity index (χ4n) is 0.883. The zero-order valence-corrected chi connectivity index (χ0v) is 8.03. The minimum absolute atomic E-state index is 0.245. The van der Waals surface area contributed by atoms with E-state index in [0.717, 1.165) is 10.9 Å². The molecule has 1 amide bonds. The highest BCUT2D eigenvalue weighted by Gasteiger charge is 1.88. The number of nitrogens with one attached hydrogen (secondary N) is 1. The maximum atomic E-state index is 9.59. The fraction of sp³-hybridized carbons (Fsp3) is 0.200. The van der Waals surface area contributed by atoms with Crippen molar-refractivity contribution in [1.29, 1.82) is 0 Å². The molecule has 0 saturated carbocycles. The number of fused-ring (bicyclic) bond motifs is 1. The van der Waals surface area contributed by atoms with Crippen molar-refractivity contribution in [3.05, 3.63) is 30.5 Å². The summed E-state index contributed by atoms with van der Waals surface area (Å²) < 4.78 is 0. The molecule has 1 aromatic carbocycles. The third kappa shape index (κ3) is 2.90. The van der Waals surface area contributed by atoms with Gasteiger partial charge in [-0.05, 0) is 6.07 Å². The summed E-state index contributed by atoms with van der Waals surface area (Å²) in [5.74, 6) is -0.245. The quantitative estimate of drug-likeness (QED) is 0.716. The van der Waals surface area contributed by atoms with Crippen LogP contribution in [0.3, 0.4) is 0 Å². The van der Waals surface area contributed by atoms with Gasteiger partial charge in [-0.2, -0.15) is 5.10 Å². The molecule has 0 aliphatic heterocycles. The summed E-state index contributed by atoms with van der Waals surface area (Å²) >= 11 is 0. The summed E-state index contributed by atoms with van der Waals surface area (Å²) in [7, 11) is 0. The molecule has 0 fully saturated rings. The second-order valence-electron chi connectivity index (χ2n) is 2.78. The summed E-state index contributed by atoms with van der Waals surface area (Å²) in [6.45, 7) is 1.72. The number of H-pyrrole nitrogens is 1. The molecule has 0 aliphatic carbocycles. The molecule has 3 N–H and O–H groups in total. The molecule has 1 aromatic heterocycles. The Labute approximate surface area is 82.1 Å². The Kier molecular flexibility index (Phi) is 3.67. The number of aromatic amines is 1. The number of hydrogen-bond acceptors (Lipinski definition) is 2. The van der Waals surface area contributed by atoms with E-state index in [0.29, 0.717) is 6.42 Å². The summed E-state index contributed by atoms with van der Waals surface area (Å²) in [5, 5.41) is 7.91. The van der Waals surface area contributed by atoms with Crippen LogP contribution < -0.4 is 5.73 Å². The average Bonchev–Trinajstić information content (AvgIpc) is 2.66. The molecule has 0 unspecified atom stereocenters. The largest absolute Gasteiger partial charge is 0.370 e. The van der Waals surface area contributed by atoms with E-state index in [2.05, 4.69) is 15.9 Å². The van der Waals surface area contributed by atoms with Crippen molar-refractivity contribution in [2.24, 2.45) is 5.73 Å². The monoisotopic (exact) mass is 191 g/mol. The van der Waals surface area contributed by atoms with Gasteiger partial charge in [-0.15, -0.1) is 0 Å². The topological polar surface area (TPSA) is 71.8 Å². The Morgan fingerprint density at radius 2 is 2.14 bits per heavy atom. The average molecular weight is 191 g/mol. The Morgan fingerprint density at radius 3 is 2.71 bits per heavy atom. The van der Waals surface area contributed by atoms with Crippen LogP contribution in [-0.4, -0.2) is 16.1 Å². The number of benzene rings is 1. The second kappa shape index (κ2) is 5.01. The van der Waals surface area contributed by atoms with Crippen LogP contribution in [0.4, 0.5) is 0 Å². The van der Waals surface area contributed by atoms with Crippen molar-refractivity contribution in [3.8, 4) is 0 Å². The molecule has 0 radical (unpaired) electrons. The molecule has 1 heterocycles. The first kappa shape index (κ1) is 10.2. The lowest BCUT2D eigenvalue weighted by Crippen LogP contribution is -2.06. The molecule has 2 aromatic rings. The van der Waals surface area contributed by atoms with Crippen molar-refractivity contribution in [2.45, 2.75) is 13.3 Å². The molecule has 0 atom stereocenters. The lowest BCUT2D eigenvalue weighted by molar-refractivity contribution is -0.117. The standard InChI is InChI=1S/C7H6N2.C3H7NO/c1-2-4-7-6(3-1)5-8-9-7;1-2-3(4)5/h1-5H,(H,8,9);2H2,1H3,(H2,4,5). The van der Waals surface area contributed by atoms with E-state index in [1.54, 1.807) is 6.92 Å². The molecular formula is C10H13N3O. The molecule has 2 rings (SSSR count). The zero-order chi connectivity index (χ0) is 10.4. The van der Waals surface area contributed by atoms with Crippen molar-refractivity contribution >= 4 is 16.8 Å². The normalized spacial score (nSPS) is 9.21. The van der Waals surface area contributed by atoms with Crippen LogP contribution in [0.2, 0.25) is 0 Å². The summed E-state index contributed by atoms with van der Waals surface area (Å²) in [4.78, 5) is 9.59. The van der Waals surface area contributed by atoms with Crippen LogP contribution in [0, 0.1) is 0 Å². The molecule has 74 valence electrons. The van der Waals surface area contributed by atoms with E-state index >= 15 is 0 Å². The van der Waals surface area contributed by atoms with Gasteiger partial charge >= 0.3 is 0 Å². The van der Waals surface area contributed by atoms with Gasteiger partial charge in [-0.3, -0.25) is 9.89 Å². The highest BCUT2D eigenvalue weighted by Crippen LogP contribution is 2.06. The van der Waals surface area contributed by atoms with Crippen LogP contribution in [0.1, 0.15) is 13.3 Å². The number of amides is 1. The van der Waals surface area contributed by atoms with Gasteiger partial charge in [0.25, 0.3) is 0 Å². The van der Waals surface area contributed by atoms with Crippen LogP contribution in [0.5, 0.6) is 0 Å². The van der Waals surface area contributed by atoms with Gasteiger partial charge in [0.1, 0.15) is 0 Å². The SMILES string of the molecule is CCC(N)=O.c1ccc2[nH]ncc2c1. The lowest BCUT2D eigenvalue weighted by atomic mass is 10.3. The van der Waals surface area contributed by atoms with Gasteiger partial charge in [0, 0.05) is 11.8 Å². The molecule has 0 spiro atoms. The minimum Gasteiger partial charge on any atom is -0.370 e. The van der Waals surface area contributed by atoms with Gasteiger partial charge in [0.05, 0.1) is 11.7 Å². The van der Waals surface area contributed by atoms with Crippen LogP contribution in [-0.2, 0) is 4.79 Å². The number of aromatic nitrogens is 2. The summed E-state index contributed by atoms with van der Waals surface area (Å²) in [6.07, 6.45) is 2.26. The molecule has 0 saturated heterocycles. The van der Waals surface area contributed by atoms with Crippen molar-refractivity contribution in [1.82, 2.24) is 10.2 Å². The molecule has 0 aliphatic rings. The second-order valence-corrected chi connectivity index (χ2v) is 2.78. The first-order valence-electron chi connectivity index (χ1n) is 4.40. The summed E-state index contributed by atoms with van der Waals surface area (Å²) in [5.41, 5.74) is 5.75. The predicted octanol–water partition coefficient (Wildman–Crippen LogP) is 1.44. The fourth-order valence-corrected chi connectivity index (χ4v) is 0.883. The molecule has 14 heavy (non-hydrogen) atoms. The molecule has 4 nitrogen and oxygen atoms in total. The van der Waals surface area contributed by atoms with Crippen molar-refractivity contribution < 1.29 is 4.79 Å². The van der Waals surface area contributed by atoms with Crippen molar-refractivity contribution in [2.75, 3.05) is 0 Å². The van der Waals surface area contributed by atoms with Gasteiger partial charge in [-0.1, -0.05) is 25.1 Å². The van der Waals surface area contributed by atoms with E-state index in [4.69, 9.17) is 0 Å². The Balaban J connectivity index is 0.000000171. The maximum absolute atomic E-state index is 9.59. The van der Waals surface area contributed by atoms with E-state index < -0.39 is 0 Å². The number of rotatable bonds is 1. The summed E-state index contributed by atoms with van der Waals surface area (Å²) in [6, 6.07) is 8.01. The first-order valence-corrected chi connectivity index (χ1v) is 4.40. The minimum atomic E-state index is -0.245. The molecule has 0 bridgehead atoms. The third-order valence-electron chi connectivity index (χ3n) is 1.70. The number of nitrogens with zero attached hydrogens (tertiary/aromatic N) is 1. The number of carbonyl (C=O) groups excluding carboxylic acids is 1. The smallest absolute Gasteiger partial charge is 0.217 e. The maximum Gasteiger partial charge on any atom is 0.217 e. The highest BCUT2D eigenvalue weighted by molar-refractivity contribution is 5.77. The molecule has 4 heteroatoms. The van der Waals surface area contributed by atoms with Crippen LogP contribution in [0.15, 0.2) is 30.5 Å². The Morgan fingerprint density at radius 1 is 1.50 bits per heavy atom. The third-order valence-corrected chi connectivity index (χ3v) is 1.70. The predicted molar refractivity (Wildman–Crippen MR) is 55.6 cm³/mol. The van der Waals surface area contributed by atoms with Crippen molar-refractivity contribution in [3.63, 3.8) is 0 Å². The van der Waals surface area contributed by atoms with Gasteiger partial charge in [-0.25, -0.2) is 0 Å². The van der Waals surface area contributed by atoms with Gasteiger partial charge in [0.15, 0.2) is 0 Å². The van der Waals surface area contributed by atoms with Crippen LogP contribution >= 0.6 is 0 Å². The Hall–Kier alpha value is -1.84. The molecular weight excluding hydrogens is 178 g/mol. The lowest BCUT2D eigenvalue weighted by Gasteiger charge is -1.81. The number of carbonyl (C=O) groups is 1.